The zero-order chi connectivity index (χ0) is 47.5. The van der Waals surface area contributed by atoms with Crippen LogP contribution in [0.2, 0.25) is 5.15 Å². The summed E-state index contributed by atoms with van der Waals surface area (Å²) in [6.07, 6.45) is 1.64. The van der Waals surface area contributed by atoms with Crippen molar-refractivity contribution in [2.24, 2.45) is 0 Å². The molecule has 0 fully saturated rings. The van der Waals surface area contributed by atoms with E-state index in [0.29, 0.717) is 35.1 Å². The molecule has 3 N–H and O–H groups in total. The van der Waals surface area contributed by atoms with Gasteiger partial charge >= 0.3 is 5.97 Å². The van der Waals surface area contributed by atoms with E-state index in [1.165, 1.54) is 48.5 Å². The van der Waals surface area contributed by atoms with Crippen molar-refractivity contribution in [3.63, 3.8) is 0 Å². The Morgan fingerprint density at radius 3 is 1.53 bits per heavy atom. The minimum absolute atomic E-state index is 0.00605. The van der Waals surface area contributed by atoms with Crippen LogP contribution in [0.3, 0.4) is 0 Å². The highest BCUT2D eigenvalue weighted by atomic mass is 35.5. The number of halogens is 5. The highest BCUT2D eigenvalue weighted by molar-refractivity contribution is 6.34. The van der Waals surface area contributed by atoms with E-state index in [4.69, 9.17) is 11.6 Å². The summed E-state index contributed by atoms with van der Waals surface area (Å²) >= 11 is 6.26. The van der Waals surface area contributed by atoms with Crippen LogP contribution in [-0.4, -0.2) is 102 Å². The van der Waals surface area contributed by atoms with Crippen molar-refractivity contribution in [3.8, 4) is 22.6 Å². The van der Waals surface area contributed by atoms with Gasteiger partial charge in [-0.05, 0) is 101 Å². The smallest absolute Gasteiger partial charge is 0.335 e. The first kappa shape index (κ1) is 48.7. The Bertz CT molecular complexity index is 2920. The topological polar surface area (TPSA) is 163 Å². The maximum atomic E-state index is 14.8. The van der Waals surface area contributed by atoms with Crippen molar-refractivity contribution in [2.75, 3.05) is 63.0 Å². The number of pyridine rings is 2. The second-order valence-electron chi connectivity index (χ2n) is 14.9. The molecule has 0 unspecified atom stereocenters. The summed E-state index contributed by atoms with van der Waals surface area (Å²) in [5, 5.41) is 16.4. The van der Waals surface area contributed by atoms with Gasteiger partial charge in [0.15, 0.2) is 11.3 Å². The normalized spacial score (nSPS) is 11.3. The Hall–Kier alpha value is -6.76. The van der Waals surface area contributed by atoms with Crippen LogP contribution in [0.5, 0.6) is 0 Å². The molecule has 0 bridgehead atoms. The molecule has 4 heterocycles. The van der Waals surface area contributed by atoms with Crippen LogP contribution in [0.15, 0.2) is 94.5 Å². The monoisotopic (exact) mass is 928 g/mol. The molecule has 0 atom stereocenters. The number of hydrogen-bond donors (Lipinski definition) is 3. The SMILES string of the molecule is CCN(CC)CCCNc1nc(-c2cccc(C(=O)O)c2)c2ccc(=O)n(-c3c(F)cccc3F)c2n1.CCN(CC)CCCNc1nc(Cl)c2ccc(=O)n(-c3c(F)cccc3F)c2n1. The van der Waals surface area contributed by atoms with Crippen LogP contribution in [0.4, 0.5) is 29.5 Å². The molecule has 0 aliphatic heterocycles. The number of aromatic nitrogens is 6. The zero-order valence-corrected chi connectivity index (χ0v) is 37.5. The molecule has 14 nitrogen and oxygen atoms in total. The zero-order valence-electron chi connectivity index (χ0n) is 36.8. The van der Waals surface area contributed by atoms with Gasteiger partial charge in [-0.15, -0.1) is 0 Å². The maximum absolute atomic E-state index is 14.8. The molecule has 3 aromatic carbocycles. The van der Waals surface area contributed by atoms with E-state index >= 15 is 0 Å². The number of nitrogens with zero attached hydrogens (tertiary/aromatic N) is 8. The molecule has 0 aliphatic carbocycles. The van der Waals surface area contributed by atoms with Crippen molar-refractivity contribution in [1.82, 2.24) is 38.9 Å². The predicted octanol–water partition coefficient (Wildman–Crippen LogP) is 8.42. The van der Waals surface area contributed by atoms with Gasteiger partial charge in [-0.1, -0.05) is 63.6 Å². The van der Waals surface area contributed by atoms with Crippen LogP contribution in [0.25, 0.3) is 44.7 Å². The first-order chi connectivity index (χ1) is 31.8. The Balaban J connectivity index is 0.000000225. The molecule has 66 heavy (non-hydrogen) atoms. The van der Waals surface area contributed by atoms with Crippen LogP contribution in [-0.2, 0) is 0 Å². The van der Waals surface area contributed by atoms with Crippen LogP contribution in [0.1, 0.15) is 50.9 Å². The Morgan fingerprint density at radius 2 is 1.06 bits per heavy atom. The molecule has 19 heteroatoms. The van der Waals surface area contributed by atoms with Crippen molar-refractivity contribution in [2.45, 2.75) is 40.5 Å². The molecule has 0 radical (unpaired) electrons. The third-order valence-electron chi connectivity index (χ3n) is 10.8. The molecule has 0 amide bonds. The summed E-state index contributed by atoms with van der Waals surface area (Å²) in [4.78, 5) is 59.1. The van der Waals surface area contributed by atoms with Crippen molar-refractivity contribution < 1.29 is 27.5 Å². The summed E-state index contributed by atoms with van der Waals surface area (Å²) in [7, 11) is 0. The quantitative estimate of drug-likeness (QED) is 0.0429. The van der Waals surface area contributed by atoms with Crippen molar-refractivity contribution >= 4 is 51.5 Å². The summed E-state index contributed by atoms with van der Waals surface area (Å²) in [6.45, 7) is 15.0. The summed E-state index contributed by atoms with van der Waals surface area (Å²) < 4.78 is 60.0. The van der Waals surface area contributed by atoms with Gasteiger partial charge in [0, 0.05) is 36.2 Å². The number of benzene rings is 3. The molecule has 4 aromatic heterocycles. The lowest BCUT2D eigenvalue weighted by atomic mass is 10.0. The Labute approximate surface area is 382 Å². The lowest BCUT2D eigenvalue weighted by molar-refractivity contribution is 0.0697. The molecule has 0 aliphatic rings. The number of hydrogen-bond acceptors (Lipinski definition) is 11. The van der Waals surface area contributed by atoms with Gasteiger partial charge in [-0.2, -0.15) is 9.97 Å². The molecule has 7 aromatic rings. The first-order valence-electron chi connectivity index (χ1n) is 21.5. The van der Waals surface area contributed by atoms with E-state index in [1.54, 1.807) is 12.1 Å². The largest absolute Gasteiger partial charge is 0.478 e. The second-order valence-corrected chi connectivity index (χ2v) is 15.2. The summed E-state index contributed by atoms with van der Waals surface area (Å²) in [5.74, 6) is -4.35. The molecule has 346 valence electrons. The fourth-order valence-electron chi connectivity index (χ4n) is 7.29. The minimum atomic E-state index is -1.11. The fourth-order valence-corrected chi connectivity index (χ4v) is 7.52. The van der Waals surface area contributed by atoms with Gasteiger partial charge in [-0.25, -0.2) is 32.3 Å². The number of carbonyl (C=O) groups is 1. The van der Waals surface area contributed by atoms with E-state index in [0.717, 1.165) is 85.5 Å². The number of carboxylic acids is 1. The van der Waals surface area contributed by atoms with Crippen LogP contribution in [0, 0.1) is 23.3 Å². The molecular formula is C47H49ClF4N10O4. The first-order valence-corrected chi connectivity index (χ1v) is 21.9. The van der Waals surface area contributed by atoms with E-state index in [9.17, 15) is 37.1 Å². The Kier molecular flexibility index (Phi) is 16.5. The molecule has 0 saturated carbocycles. The number of nitrogens with one attached hydrogen (secondary N) is 2. The van der Waals surface area contributed by atoms with Crippen molar-refractivity contribution in [3.05, 3.63) is 140 Å². The number of anilines is 2. The molecular weight excluding hydrogens is 880 g/mol. The summed E-state index contributed by atoms with van der Waals surface area (Å²) in [6, 6.07) is 18.2. The standard InChI is InChI=1S/C27H27F2N5O3.C20H22ClF2N5O/c1-3-33(4-2)15-7-14-30-27-31-23(17-8-5-9-18(16-17)26(36)37)19-12-13-22(35)34(25(19)32-27)24-20(28)10-6-11-21(24)29;1-3-27(4-2)12-6-11-24-20-25-18(21)13-9-10-16(29)28(19(13)26-20)17-14(22)7-5-8-15(17)23/h5-6,8-13,16H,3-4,7,14-15H2,1-2H3,(H,36,37)(H,30,31,32);5,7-10H,3-4,6,11-12H2,1-2H3,(H,24,25,26). The lowest BCUT2D eigenvalue weighted by Gasteiger charge is -2.18. The highest BCUT2D eigenvalue weighted by Crippen LogP contribution is 2.30. The fraction of sp³-hybridized carbons (Fsp3) is 0.298. The van der Waals surface area contributed by atoms with Gasteiger partial charge in [0.1, 0.15) is 39.8 Å². The average molecular weight is 929 g/mol. The van der Waals surface area contributed by atoms with Gasteiger partial charge in [0.25, 0.3) is 11.1 Å². The third kappa shape index (κ3) is 11.2. The maximum Gasteiger partial charge on any atom is 0.335 e. The minimum Gasteiger partial charge on any atom is -0.478 e. The predicted molar refractivity (Wildman–Crippen MR) is 249 cm³/mol. The lowest BCUT2D eigenvalue weighted by Crippen LogP contribution is -2.25. The van der Waals surface area contributed by atoms with E-state index in [1.807, 2.05) is 0 Å². The number of fused-ring (bicyclic) bond motifs is 2. The van der Waals surface area contributed by atoms with Gasteiger partial charge < -0.3 is 25.5 Å². The number of para-hydroxylation sites is 2. The van der Waals surface area contributed by atoms with Gasteiger partial charge in [-0.3, -0.25) is 18.7 Å². The average Bonchev–Trinajstić information content (AvgIpc) is 3.30. The van der Waals surface area contributed by atoms with Gasteiger partial charge in [0.2, 0.25) is 11.9 Å². The van der Waals surface area contributed by atoms with E-state index in [2.05, 4.69) is 68.1 Å². The highest BCUT2D eigenvalue weighted by Gasteiger charge is 2.21. The third-order valence-corrected chi connectivity index (χ3v) is 11.1. The molecule has 0 spiro atoms. The second kappa shape index (κ2) is 22.4. The number of carboxylic acid groups (broad SMARTS) is 1. The molecule has 7 rings (SSSR count). The number of rotatable bonds is 18. The van der Waals surface area contributed by atoms with Gasteiger partial charge in [0.05, 0.1) is 16.6 Å². The van der Waals surface area contributed by atoms with Crippen LogP contribution >= 0.6 is 11.6 Å². The Morgan fingerprint density at radius 1 is 0.621 bits per heavy atom. The molecule has 0 saturated heterocycles. The van der Waals surface area contributed by atoms with E-state index in [-0.39, 0.29) is 33.9 Å². The van der Waals surface area contributed by atoms with Crippen LogP contribution < -0.4 is 21.8 Å². The summed E-state index contributed by atoms with van der Waals surface area (Å²) in [5.41, 5.74) is -1.48. The van der Waals surface area contributed by atoms with Crippen molar-refractivity contribution in [1.29, 1.82) is 0 Å². The number of aromatic carboxylic acids is 1. The van der Waals surface area contributed by atoms with E-state index < -0.39 is 51.7 Å².